The highest BCUT2D eigenvalue weighted by Crippen LogP contribution is 2.06. The number of hydrogen-bond donors (Lipinski definition) is 9. The van der Waals surface area contributed by atoms with Crippen LogP contribution < -0.4 is 27.4 Å². The molecule has 1 rings (SSSR count). The van der Waals surface area contributed by atoms with Crippen molar-refractivity contribution in [2.45, 2.75) is 62.7 Å². The number of aromatic amines is 1. The normalized spacial score (nSPS) is 13.9. The van der Waals surface area contributed by atoms with Crippen molar-refractivity contribution in [3.8, 4) is 0 Å². The molecule has 0 saturated heterocycles. The summed E-state index contributed by atoms with van der Waals surface area (Å²) in [5, 5.41) is 33.8. The van der Waals surface area contributed by atoms with E-state index in [0.29, 0.717) is 5.69 Å². The first kappa shape index (κ1) is 30.5. The van der Waals surface area contributed by atoms with E-state index in [4.69, 9.17) is 21.7 Å². The SMILES string of the molecule is NC(=O)CCC(NC(=O)C(CCC(=O)O)NC(=O)C(N)CC(=O)O)C(=O)NC(Cc1cnc[nH]1)C(=O)O. The van der Waals surface area contributed by atoms with Crippen LogP contribution in [0.15, 0.2) is 12.5 Å². The number of primary amides is 1. The van der Waals surface area contributed by atoms with E-state index < -0.39 is 85.0 Å². The Morgan fingerprint density at radius 1 is 0.838 bits per heavy atom. The van der Waals surface area contributed by atoms with Gasteiger partial charge in [-0.3, -0.25) is 28.8 Å². The number of hydrogen-bond acceptors (Lipinski definition) is 9. The van der Waals surface area contributed by atoms with Gasteiger partial charge in [0.1, 0.15) is 18.1 Å². The molecule has 17 nitrogen and oxygen atoms in total. The first-order valence-corrected chi connectivity index (χ1v) is 10.9. The van der Waals surface area contributed by atoms with Gasteiger partial charge in [-0.15, -0.1) is 0 Å². The lowest BCUT2D eigenvalue weighted by Gasteiger charge is -2.24. The first-order chi connectivity index (χ1) is 17.3. The van der Waals surface area contributed by atoms with Crippen LogP contribution in [-0.4, -0.2) is 91.0 Å². The molecular formula is C20H29N7O10. The maximum Gasteiger partial charge on any atom is 0.326 e. The summed E-state index contributed by atoms with van der Waals surface area (Å²) in [6, 6.07) is -6.05. The molecule has 1 aromatic rings. The highest BCUT2D eigenvalue weighted by Gasteiger charge is 2.31. The molecular weight excluding hydrogens is 498 g/mol. The van der Waals surface area contributed by atoms with Crippen LogP contribution >= 0.6 is 0 Å². The topological polar surface area (TPSA) is 297 Å². The zero-order valence-corrected chi connectivity index (χ0v) is 19.5. The number of imidazole rings is 1. The number of carboxylic acids is 3. The van der Waals surface area contributed by atoms with Crippen LogP contribution in [0.2, 0.25) is 0 Å². The lowest BCUT2D eigenvalue weighted by molar-refractivity contribution is -0.142. The Morgan fingerprint density at radius 2 is 1.38 bits per heavy atom. The van der Waals surface area contributed by atoms with Gasteiger partial charge in [-0.2, -0.15) is 0 Å². The van der Waals surface area contributed by atoms with Crippen molar-refractivity contribution >= 4 is 41.5 Å². The fraction of sp³-hybridized carbons (Fsp3) is 0.500. The molecule has 0 aliphatic carbocycles. The molecule has 0 radical (unpaired) electrons. The number of H-pyrrole nitrogens is 1. The summed E-state index contributed by atoms with van der Waals surface area (Å²) in [4.78, 5) is 89.0. The fourth-order valence-corrected chi connectivity index (χ4v) is 3.01. The maximum atomic E-state index is 12.9. The molecule has 1 aromatic heterocycles. The Kier molecular flexibility index (Phi) is 12.2. The van der Waals surface area contributed by atoms with Gasteiger partial charge in [0, 0.05) is 31.2 Å². The minimum absolute atomic E-state index is 0.184. The number of rotatable bonds is 17. The molecule has 11 N–H and O–H groups in total. The molecule has 0 aliphatic heterocycles. The zero-order chi connectivity index (χ0) is 28.1. The van der Waals surface area contributed by atoms with E-state index in [1.54, 1.807) is 0 Å². The predicted molar refractivity (Wildman–Crippen MR) is 121 cm³/mol. The van der Waals surface area contributed by atoms with Gasteiger partial charge in [0.05, 0.1) is 18.8 Å². The van der Waals surface area contributed by atoms with Crippen LogP contribution in [0.5, 0.6) is 0 Å². The number of carbonyl (C=O) groups is 7. The van der Waals surface area contributed by atoms with Gasteiger partial charge in [-0.05, 0) is 12.8 Å². The summed E-state index contributed by atoms with van der Waals surface area (Å²) in [6.07, 6.45) is -0.0663. The van der Waals surface area contributed by atoms with E-state index >= 15 is 0 Å². The Balaban J connectivity index is 3.04. The van der Waals surface area contributed by atoms with Gasteiger partial charge in [-0.1, -0.05) is 0 Å². The Hall–Kier alpha value is -4.54. The van der Waals surface area contributed by atoms with Gasteiger partial charge >= 0.3 is 17.9 Å². The molecule has 0 spiro atoms. The monoisotopic (exact) mass is 527 g/mol. The molecule has 204 valence electrons. The third-order valence-electron chi connectivity index (χ3n) is 4.92. The maximum absolute atomic E-state index is 12.9. The Bertz CT molecular complexity index is 998. The molecule has 0 aliphatic rings. The van der Waals surface area contributed by atoms with Crippen LogP contribution in [-0.2, 0) is 40.0 Å². The molecule has 37 heavy (non-hydrogen) atoms. The lowest BCUT2D eigenvalue weighted by Crippen LogP contribution is -2.57. The average molecular weight is 527 g/mol. The smallest absolute Gasteiger partial charge is 0.326 e. The summed E-state index contributed by atoms with van der Waals surface area (Å²) in [6.45, 7) is 0. The second kappa shape index (κ2) is 14.8. The number of carbonyl (C=O) groups excluding carboxylic acids is 4. The van der Waals surface area contributed by atoms with Crippen LogP contribution in [0, 0.1) is 0 Å². The van der Waals surface area contributed by atoms with E-state index in [2.05, 4.69) is 25.9 Å². The van der Waals surface area contributed by atoms with Gasteiger partial charge in [0.15, 0.2) is 0 Å². The second-order valence-electron chi connectivity index (χ2n) is 7.94. The number of aliphatic carboxylic acids is 3. The molecule has 0 bridgehead atoms. The van der Waals surface area contributed by atoms with Gasteiger partial charge in [-0.25, -0.2) is 9.78 Å². The summed E-state index contributed by atoms with van der Waals surface area (Å²) in [7, 11) is 0. The summed E-state index contributed by atoms with van der Waals surface area (Å²) >= 11 is 0. The summed E-state index contributed by atoms with van der Waals surface area (Å²) in [5.74, 6) is -8.03. The van der Waals surface area contributed by atoms with Crippen molar-refractivity contribution in [3.63, 3.8) is 0 Å². The van der Waals surface area contributed by atoms with Crippen LogP contribution in [0.25, 0.3) is 0 Å². The van der Waals surface area contributed by atoms with Crippen molar-refractivity contribution in [3.05, 3.63) is 18.2 Å². The van der Waals surface area contributed by atoms with Crippen LogP contribution in [0.1, 0.15) is 37.8 Å². The Labute approximate surface area is 209 Å². The largest absolute Gasteiger partial charge is 0.481 e. The van der Waals surface area contributed by atoms with E-state index in [-0.39, 0.29) is 19.3 Å². The zero-order valence-electron chi connectivity index (χ0n) is 19.5. The van der Waals surface area contributed by atoms with Crippen molar-refractivity contribution in [2.75, 3.05) is 0 Å². The number of nitrogens with one attached hydrogen (secondary N) is 4. The number of aromatic nitrogens is 2. The van der Waals surface area contributed by atoms with Crippen LogP contribution in [0.4, 0.5) is 0 Å². The standard InChI is InChI=1S/C20H29N7O10/c21-10(6-16(31)32)17(33)25-12(2-4-15(29)30)18(34)26-11(1-3-14(22)28)19(35)27-13(20(36)37)5-9-7-23-8-24-9/h7-8,10-13H,1-6,21H2,(H2,22,28)(H,23,24)(H,25,33)(H,26,34)(H,27,35)(H,29,30)(H,31,32)(H,36,37). The van der Waals surface area contributed by atoms with E-state index in [1.807, 2.05) is 0 Å². The van der Waals surface area contributed by atoms with E-state index in [1.165, 1.54) is 12.5 Å². The van der Waals surface area contributed by atoms with Gasteiger partial charge < -0.3 is 47.7 Å². The molecule has 4 amide bonds. The average Bonchev–Trinajstić information content (AvgIpc) is 3.30. The molecule has 0 saturated carbocycles. The Morgan fingerprint density at radius 3 is 1.84 bits per heavy atom. The first-order valence-electron chi connectivity index (χ1n) is 10.9. The van der Waals surface area contributed by atoms with Crippen molar-refractivity contribution in [1.29, 1.82) is 0 Å². The number of nitrogens with two attached hydrogens (primary N) is 2. The third kappa shape index (κ3) is 11.6. The minimum atomic E-state index is -1.55. The fourth-order valence-electron chi connectivity index (χ4n) is 3.01. The molecule has 0 aromatic carbocycles. The van der Waals surface area contributed by atoms with E-state index in [0.717, 1.165) is 0 Å². The third-order valence-corrected chi connectivity index (χ3v) is 4.92. The number of nitrogens with zero attached hydrogens (tertiary/aromatic N) is 1. The summed E-state index contributed by atoms with van der Waals surface area (Å²) < 4.78 is 0. The van der Waals surface area contributed by atoms with Crippen LogP contribution in [0.3, 0.4) is 0 Å². The predicted octanol–water partition coefficient (Wildman–Crippen LogP) is -3.58. The minimum Gasteiger partial charge on any atom is -0.481 e. The quantitative estimate of drug-likeness (QED) is 0.0950. The van der Waals surface area contributed by atoms with Gasteiger partial charge in [0.2, 0.25) is 23.6 Å². The molecule has 17 heteroatoms. The van der Waals surface area contributed by atoms with E-state index in [9.17, 15) is 38.7 Å². The van der Waals surface area contributed by atoms with Gasteiger partial charge in [0.25, 0.3) is 0 Å². The second-order valence-corrected chi connectivity index (χ2v) is 7.94. The van der Waals surface area contributed by atoms with Crippen molar-refractivity contribution < 1.29 is 48.9 Å². The molecule has 1 heterocycles. The highest BCUT2D eigenvalue weighted by molar-refractivity contribution is 5.95. The highest BCUT2D eigenvalue weighted by atomic mass is 16.4. The molecule has 4 atom stereocenters. The van der Waals surface area contributed by atoms with Crippen molar-refractivity contribution in [2.24, 2.45) is 11.5 Å². The lowest BCUT2D eigenvalue weighted by atomic mass is 10.1. The number of carboxylic acid groups (broad SMARTS) is 3. The molecule has 0 fully saturated rings. The number of amides is 4. The van der Waals surface area contributed by atoms with Crippen molar-refractivity contribution in [1.82, 2.24) is 25.9 Å². The summed E-state index contributed by atoms with van der Waals surface area (Å²) in [5.41, 5.74) is 11.0. The molecule has 4 unspecified atom stereocenters.